The molecule has 0 bridgehead atoms. The van der Waals surface area contributed by atoms with Crippen molar-refractivity contribution in [2.45, 2.75) is 56.4 Å². The van der Waals surface area contributed by atoms with Crippen molar-refractivity contribution in [3.05, 3.63) is 78.4 Å². The summed E-state index contributed by atoms with van der Waals surface area (Å²) in [7, 11) is -3.45. The second-order valence-corrected chi connectivity index (χ2v) is 10.8. The van der Waals surface area contributed by atoms with Crippen LogP contribution in [0.1, 0.15) is 56.2 Å². The molecule has 3 aromatic rings. The van der Waals surface area contributed by atoms with Crippen molar-refractivity contribution in [1.29, 1.82) is 0 Å². The average molecular weight is 481 g/mol. The SMILES string of the molecule is C[C@H](NC(=O)CCc1ccc(S(=O)(=O)N2CCCCCC2)cc1)c1ccc(-n2ccnc2)cc1. The number of amides is 1. The molecule has 0 radical (unpaired) electrons. The van der Waals surface area contributed by atoms with E-state index in [9.17, 15) is 13.2 Å². The zero-order valence-electron chi connectivity index (χ0n) is 19.6. The van der Waals surface area contributed by atoms with E-state index in [0.717, 1.165) is 42.5 Å². The molecule has 1 saturated heterocycles. The number of hydrogen-bond acceptors (Lipinski definition) is 4. The third-order valence-electron chi connectivity index (χ3n) is 6.34. The highest BCUT2D eigenvalue weighted by Crippen LogP contribution is 2.21. The van der Waals surface area contributed by atoms with Gasteiger partial charge in [0.05, 0.1) is 17.3 Å². The van der Waals surface area contributed by atoms with Crippen LogP contribution in [-0.2, 0) is 21.2 Å². The van der Waals surface area contributed by atoms with Crippen LogP contribution in [0.3, 0.4) is 0 Å². The second-order valence-electron chi connectivity index (χ2n) is 8.81. The Morgan fingerprint density at radius 2 is 1.68 bits per heavy atom. The lowest BCUT2D eigenvalue weighted by molar-refractivity contribution is -0.121. The van der Waals surface area contributed by atoms with Gasteiger partial charge in [0.2, 0.25) is 15.9 Å². The monoisotopic (exact) mass is 480 g/mol. The molecule has 1 aliphatic rings. The molecule has 1 N–H and O–H groups in total. The summed E-state index contributed by atoms with van der Waals surface area (Å²) in [6.07, 6.45) is 10.3. The maximum atomic E-state index is 12.9. The van der Waals surface area contributed by atoms with Crippen molar-refractivity contribution in [1.82, 2.24) is 19.2 Å². The summed E-state index contributed by atoms with van der Waals surface area (Å²) < 4.78 is 29.4. The van der Waals surface area contributed by atoms with Gasteiger partial charge in [0, 0.05) is 37.6 Å². The number of carbonyl (C=O) groups is 1. The van der Waals surface area contributed by atoms with Gasteiger partial charge >= 0.3 is 0 Å². The maximum absolute atomic E-state index is 12.9. The molecule has 0 aliphatic carbocycles. The molecule has 4 rings (SSSR count). The molecule has 34 heavy (non-hydrogen) atoms. The van der Waals surface area contributed by atoms with Crippen LogP contribution in [0.5, 0.6) is 0 Å². The van der Waals surface area contributed by atoms with Crippen molar-refractivity contribution >= 4 is 15.9 Å². The van der Waals surface area contributed by atoms with Crippen molar-refractivity contribution in [3.8, 4) is 5.69 Å². The topological polar surface area (TPSA) is 84.3 Å². The molecular weight excluding hydrogens is 448 g/mol. The number of rotatable bonds is 8. The van der Waals surface area contributed by atoms with Gasteiger partial charge in [-0.05, 0) is 61.6 Å². The lowest BCUT2D eigenvalue weighted by atomic mass is 10.1. The van der Waals surface area contributed by atoms with E-state index >= 15 is 0 Å². The number of nitrogens with zero attached hydrogens (tertiary/aromatic N) is 3. The van der Waals surface area contributed by atoms with Gasteiger partial charge in [-0.2, -0.15) is 4.31 Å². The summed E-state index contributed by atoms with van der Waals surface area (Å²) >= 11 is 0. The van der Waals surface area contributed by atoms with Gasteiger partial charge in [-0.3, -0.25) is 4.79 Å². The molecule has 2 heterocycles. The Kier molecular flexibility index (Phi) is 7.80. The first-order chi connectivity index (χ1) is 16.4. The third kappa shape index (κ3) is 5.93. The molecule has 8 heteroatoms. The quantitative estimate of drug-likeness (QED) is 0.522. The molecule has 1 atom stereocenters. The summed E-state index contributed by atoms with van der Waals surface area (Å²) in [4.78, 5) is 16.9. The molecule has 1 fully saturated rings. The van der Waals surface area contributed by atoms with Gasteiger partial charge in [-0.25, -0.2) is 13.4 Å². The fourth-order valence-corrected chi connectivity index (χ4v) is 5.78. The first-order valence-corrected chi connectivity index (χ1v) is 13.3. The molecule has 1 amide bonds. The van der Waals surface area contributed by atoms with Crippen LogP contribution in [0.2, 0.25) is 0 Å². The van der Waals surface area contributed by atoms with Gasteiger partial charge in [-0.15, -0.1) is 0 Å². The molecule has 0 spiro atoms. The van der Waals surface area contributed by atoms with E-state index in [1.54, 1.807) is 29.0 Å². The summed E-state index contributed by atoms with van der Waals surface area (Å²) in [5, 5.41) is 3.04. The van der Waals surface area contributed by atoms with Crippen LogP contribution in [0, 0.1) is 0 Å². The van der Waals surface area contributed by atoms with Crippen molar-refractivity contribution in [2.24, 2.45) is 0 Å². The number of aryl methyl sites for hydroxylation is 1. The lowest BCUT2D eigenvalue weighted by Gasteiger charge is -2.20. The number of hydrogen-bond donors (Lipinski definition) is 1. The van der Waals surface area contributed by atoms with E-state index in [1.165, 1.54) is 0 Å². The lowest BCUT2D eigenvalue weighted by Crippen LogP contribution is -2.31. The Bertz CT molecular complexity index is 1170. The van der Waals surface area contributed by atoms with Crippen molar-refractivity contribution in [2.75, 3.05) is 13.1 Å². The minimum atomic E-state index is -3.45. The van der Waals surface area contributed by atoms with E-state index in [0.29, 0.717) is 30.8 Å². The first kappa shape index (κ1) is 24.2. The summed E-state index contributed by atoms with van der Waals surface area (Å²) in [6, 6.07) is 14.9. The number of carbonyl (C=O) groups excluding carboxylic acids is 1. The Hall–Kier alpha value is -2.97. The van der Waals surface area contributed by atoms with Gasteiger partial charge in [0.25, 0.3) is 0 Å². The maximum Gasteiger partial charge on any atom is 0.243 e. The minimum absolute atomic E-state index is 0.0348. The standard InChI is InChI=1S/C26H32N4O3S/c1-21(23-9-11-24(12-10-23)29-19-16-27-20-29)28-26(31)15-8-22-6-13-25(14-7-22)34(32,33)30-17-4-2-3-5-18-30/h6-7,9-14,16,19-21H,2-5,8,15,17-18H2,1H3,(H,28,31)/t21-/m0/s1. The van der Waals surface area contributed by atoms with E-state index < -0.39 is 10.0 Å². The minimum Gasteiger partial charge on any atom is -0.350 e. The van der Waals surface area contributed by atoms with Gasteiger partial charge in [-0.1, -0.05) is 37.1 Å². The van der Waals surface area contributed by atoms with Gasteiger partial charge in [0.1, 0.15) is 0 Å². The van der Waals surface area contributed by atoms with E-state index in [2.05, 4.69) is 10.3 Å². The van der Waals surface area contributed by atoms with Gasteiger partial charge < -0.3 is 9.88 Å². The Labute approximate surface area is 201 Å². The fourth-order valence-electron chi connectivity index (χ4n) is 4.26. The van der Waals surface area contributed by atoms with E-state index in [-0.39, 0.29) is 11.9 Å². The summed E-state index contributed by atoms with van der Waals surface area (Å²) in [5.41, 5.74) is 2.99. The van der Waals surface area contributed by atoms with E-state index in [1.807, 2.05) is 54.1 Å². The van der Waals surface area contributed by atoms with Crippen LogP contribution < -0.4 is 5.32 Å². The van der Waals surface area contributed by atoms with Crippen LogP contribution >= 0.6 is 0 Å². The Morgan fingerprint density at radius 3 is 2.29 bits per heavy atom. The summed E-state index contributed by atoms with van der Waals surface area (Å²) in [6.45, 7) is 3.15. The normalized spacial score (nSPS) is 16.0. The molecule has 0 unspecified atom stereocenters. The summed E-state index contributed by atoms with van der Waals surface area (Å²) in [5.74, 6) is -0.0348. The molecule has 2 aromatic carbocycles. The number of imidazole rings is 1. The molecule has 0 saturated carbocycles. The van der Waals surface area contributed by atoms with Crippen molar-refractivity contribution < 1.29 is 13.2 Å². The molecule has 1 aromatic heterocycles. The molecular formula is C26H32N4O3S. The van der Waals surface area contributed by atoms with Crippen molar-refractivity contribution in [3.63, 3.8) is 0 Å². The molecule has 180 valence electrons. The Morgan fingerprint density at radius 1 is 1.00 bits per heavy atom. The molecule has 1 aliphatic heterocycles. The predicted molar refractivity (Wildman–Crippen MR) is 132 cm³/mol. The zero-order valence-corrected chi connectivity index (χ0v) is 20.4. The largest absolute Gasteiger partial charge is 0.350 e. The smallest absolute Gasteiger partial charge is 0.243 e. The number of benzene rings is 2. The Balaban J connectivity index is 1.29. The highest BCUT2D eigenvalue weighted by atomic mass is 32.2. The van der Waals surface area contributed by atoms with Crippen LogP contribution in [0.4, 0.5) is 0 Å². The third-order valence-corrected chi connectivity index (χ3v) is 8.25. The highest BCUT2D eigenvalue weighted by Gasteiger charge is 2.24. The van der Waals surface area contributed by atoms with E-state index in [4.69, 9.17) is 0 Å². The number of sulfonamides is 1. The second kappa shape index (κ2) is 11.0. The number of nitrogens with one attached hydrogen (secondary N) is 1. The highest BCUT2D eigenvalue weighted by molar-refractivity contribution is 7.89. The van der Waals surface area contributed by atoms with Gasteiger partial charge in [0.15, 0.2) is 0 Å². The number of aromatic nitrogens is 2. The first-order valence-electron chi connectivity index (χ1n) is 11.9. The zero-order chi connectivity index (χ0) is 24.0. The van der Waals surface area contributed by atoms with Crippen LogP contribution in [-0.4, -0.2) is 41.3 Å². The van der Waals surface area contributed by atoms with Crippen LogP contribution in [0.15, 0.2) is 72.1 Å². The predicted octanol–water partition coefficient (Wildman–Crippen LogP) is 4.25. The molecule has 7 nitrogen and oxygen atoms in total. The average Bonchev–Trinajstić information content (AvgIpc) is 3.24. The fraction of sp³-hybridized carbons (Fsp3) is 0.385. The van der Waals surface area contributed by atoms with Crippen LogP contribution in [0.25, 0.3) is 5.69 Å².